The molecule has 0 aliphatic rings. The van der Waals surface area contributed by atoms with Gasteiger partial charge in [0, 0.05) is 31.2 Å². The molecule has 0 aliphatic heterocycles. The van der Waals surface area contributed by atoms with E-state index in [9.17, 15) is 9.59 Å². The van der Waals surface area contributed by atoms with E-state index in [1.807, 2.05) is 51.1 Å². The van der Waals surface area contributed by atoms with Crippen LogP contribution in [0.1, 0.15) is 34.2 Å². The Morgan fingerprint density at radius 1 is 1.12 bits per heavy atom. The van der Waals surface area contributed by atoms with Gasteiger partial charge in [0.05, 0.1) is 5.56 Å². The number of benzene rings is 1. The van der Waals surface area contributed by atoms with Crippen molar-refractivity contribution in [3.8, 4) is 5.69 Å². The van der Waals surface area contributed by atoms with E-state index in [-0.39, 0.29) is 11.8 Å². The average Bonchev–Trinajstić information content (AvgIpc) is 2.82. The number of carbonyl (C=O) groups is 2. The largest absolute Gasteiger partial charge is 0.347 e. The summed E-state index contributed by atoms with van der Waals surface area (Å²) >= 11 is 0. The highest BCUT2D eigenvalue weighted by molar-refractivity contribution is 5.98. The smallest absolute Gasteiger partial charge is 0.253 e. The molecular weight excluding hydrogens is 302 g/mol. The van der Waals surface area contributed by atoms with Crippen LogP contribution in [0.4, 0.5) is 0 Å². The van der Waals surface area contributed by atoms with E-state index >= 15 is 0 Å². The molecular formula is C19H25N3O2. The third kappa shape index (κ3) is 3.35. The van der Waals surface area contributed by atoms with Crippen molar-refractivity contribution < 1.29 is 9.59 Å². The molecule has 128 valence electrons. The molecule has 1 aromatic heterocycles. The van der Waals surface area contributed by atoms with Crippen LogP contribution < -0.4 is 5.32 Å². The number of rotatable bonds is 4. The van der Waals surface area contributed by atoms with Gasteiger partial charge in [-0.2, -0.15) is 0 Å². The second kappa shape index (κ2) is 6.91. The Labute approximate surface area is 143 Å². The molecule has 1 aromatic carbocycles. The lowest BCUT2D eigenvalue weighted by molar-refractivity contribution is -0.130. The Hall–Kier alpha value is -2.56. The van der Waals surface area contributed by atoms with E-state index in [1.54, 1.807) is 21.0 Å². The van der Waals surface area contributed by atoms with E-state index in [0.717, 1.165) is 22.6 Å². The Bertz CT molecular complexity index is 775. The molecule has 5 nitrogen and oxygen atoms in total. The molecule has 0 saturated heterocycles. The second-order valence-corrected chi connectivity index (χ2v) is 6.33. The first-order chi connectivity index (χ1) is 11.2. The third-order valence-electron chi connectivity index (χ3n) is 4.19. The zero-order valence-electron chi connectivity index (χ0n) is 15.2. The van der Waals surface area contributed by atoms with Gasteiger partial charge in [-0.3, -0.25) is 9.59 Å². The van der Waals surface area contributed by atoms with Gasteiger partial charge in [-0.05, 0) is 45.4 Å². The average molecular weight is 327 g/mol. The van der Waals surface area contributed by atoms with Crippen molar-refractivity contribution in [3.63, 3.8) is 0 Å². The predicted octanol–water partition coefficient (Wildman–Crippen LogP) is 2.61. The van der Waals surface area contributed by atoms with Crippen molar-refractivity contribution in [2.45, 2.75) is 33.7 Å². The van der Waals surface area contributed by atoms with Gasteiger partial charge in [0.1, 0.15) is 6.04 Å². The highest BCUT2D eigenvalue weighted by Gasteiger charge is 2.22. The number of aryl methyl sites for hydroxylation is 2. The summed E-state index contributed by atoms with van der Waals surface area (Å²) in [5, 5.41) is 2.78. The topological polar surface area (TPSA) is 54.3 Å². The molecule has 0 bridgehead atoms. The molecule has 0 unspecified atom stereocenters. The summed E-state index contributed by atoms with van der Waals surface area (Å²) < 4.78 is 2.07. The molecule has 0 radical (unpaired) electrons. The highest BCUT2D eigenvalue weighted by Crippen LogP contribution is 2.23. The van der Waals surface area contributed by atoms with Gasteiger partial charge < -0.3 is 14.8 Å². The zero-order valence-corrected chi connectivity index (χ0v) is 15.2. The number of para-hydroxylation sites is 1. The minimum atomic E-state index is -0.561. The van der Waals surface area contributed by atoms with Crippen LogP contribution in [0.2, 0.25) is 0 Å². The molecule has 0 aliphatic carbocycles. The second-order valence-electron chi connectivity index (χ2n) is 6.33. The minimum Gasteiger partial charge on any atom is -0.347 e. The van der Waals surface area contributed by atoms with Crippen LogP contribution in [0.25, 0.3) is 5.69 Å². The third-order valence-corrected chi connectivity index (χ3v) is 4.19. The van der Waals surface area contributed by atoms with E-state index in [0.29, 0.717) is 5.56 Å². The molecule has 0 saturated carbocycles. The standard InChI is InChI=1S/C19H25N3O2/c1-12-9-7-8-10-17(12)22-13(2)11-16(15(22)4)18(23)20-14(3)19(24)21(5)6/h7-11,14H,1-6H3,(H,20,23)/t14-/m1/s1. The monoisotopic (exact) mass is 327 g/mol. The van der Waals surface area contributed by atoms with Crippen LogP contribution in [0, 0.1) is 20.8 Å². The number of nitrogens with zero attached hydrogens (tertiary/aromatic N) is 2. The fourth-order valence-corrected chi connectivity index (χ4v) is 2.90. The SMILES string of the molecule is Cc1ccccc1-n1c(C)cc(C(=O)N[C@H](C)C(=O)N(C)C)c1C. The summed E-state index contributed by atoms with van der Waals surface area (Å²) in [6.07, 6.45) is 0. The Balaban J connectivity index is 2.34. The number of hydrogen-bond donors (Lipinski definition) is 1. The summed E-state index contributed by atoms with van der Waals surface area (Å²) in [6.45, 7) is 7.64. The van der Waals surface area contributed by atoms with Crippen molar-refractivity contribution in [2.75, 3.05) is 14.1 Å². The summed E-state index contributed by atoms with van der Waals surface area (Å²) in [5.41, 5.74) is 4.64. The van der Waals surface area contributed by atoms with E-state index in [2.05, 4.69) is 9.88 Å². The van der Waals surface area contributed by atoms with Crippen molar-refractivity contribution in [1.82, 2.24) is 14.8 Å². The molecule has 2 rings (SSSR count). The Kier molecular flexibility index (Phi) is 5.12. The zero-order chi connectivity index (χ0) is 18.0. The number of likely N-dealkylation sites (N-methyl/N-ethyl adjacent to an activating group) is 1. The summed E-state index contributed by atoms with van der Waals surface area (Å²) in [5.74, 6) is -0.360. The van der Waals surface area contributed by atoms with Gasteiger partial charge in [0.15, 0.2) is 0 Å². The number of amides is 2. The number of nitrogens with one attached hydrogen (secondary N) is 1. The lowest BCUT2D eigenvalue weighted by Gasteiger charge is -2.18. The minimum absolute atomic E-state index is 0.129. The summed E-state index contributed by atoms with van der Waals surface area (Å²) in [7, 11) is 3.35. The first kappa shape index (κ1) is 17.8. The number of hydrogen-bond acceptors (Lipinski definition) is 2. The first-order valence-corrected chi connectivity index (χ1v) is 8.01. The maximum Gasteiger partial charge on any atom is 0.253 e. The lowest BCUT2D eigenvalue weighted by Crippen LogP contribution is -2.44. The van der Waals surface area contributed by atoms with Gasteiger partial charge in [-0.1, -0.05) is 18.2 Å². The Morgan fingerprint density at radius 3 is 2.33 bits per heavy atom. The van der Waals surface area contributed by atoms with E-state index in [1.165, 1.54) is 4.90 Å². The molecule has 5 heteroatoms. The molecule has 1 N–H and O–H groups in total. The van der Waals surface area contributed by atoms with Gasteiger partial charge in [-0.15, -0.1) is 0 Å². The van der Waals surface area contributed by atoms with Gasteiger partial charge >= 0.3 is 0 Å². The van der Waals surface area contributed by atoms with Gasteiger partial charge in [-0.25, -0.2) is 0 Å². The van der Waals surface area contributed by atoms with Crippen molar-refractivity contribution in [1.29, 1.82) is 0 Å². The first-order valence-electron chi connectivity index (χ1n) is 8.01. The van der Waals surface area contributed by atoms with Crippen molar-refractivity contribution in [3.05, 3.63) is 52.8 Å². The van der Waals surface area contributed by atoms with Crippen LogP contribution >= 0.6 is 0 Å². The van der Waals surface area contributed by atoms with Crippen molar-refractivity contribution >= 4 is 11.8 Å². The van der Waals surface area contributed by atoms with Crippen molar-refractivity contribution in [2.24, 2.45) is 0 Å². The fourth-order valence-electron chi connectivity index (χ4n) is 2.90. The molecule has 0 fully saturated rings. The van der Waals surface area contributed by atoms with Gasteiger partial charge in [0.25, 0.3) is 5.91 Å². The van der Waals surface area contributed by atoms with Crippen LogP contribution in [0.15, 0.2) is 30.3 Å². The molecule has 24 heavy (non-hydrogen) atoms. The summed E-state index contributed by atoms with van der Waals surface area (Å²) in [4.78, 5) is 26.0. The maximum absolute atomic E-state index is 12.6. The summed E-state index contributed by atoms with van der Waals surface area (Å²) in [6, 6.07) is 9.37. The lowest BCUT2D eigenvalue weighted by atomic mass is 10.2. The molecule has 2 aromatic rings. The quantitative estimate of drug-likeness (QED) is 0.938. The normalized spacial score (nSPS) is 11.9. The molecule has 1 heterocycles. The van der Waals surface area contributed by atoms with E-state index < -0.39 is 6.04 Å². The van der Waals surface area contributed by atoms with Crippen LogP contribution in [-0.2, 0) is 4.79 Å². The predicted molar refractivity (Wildman–Crippen MR) is 95.6 cm³/mol. The Morgan fingerprint density at radius 2 is 1.75 bits per heavy atom. The van der Waals surface area contributed by atoms with E-state index in [4.69, 9.17) is 0 Å². The fraction of sp³-hybridized carbons (Fsp3) is 0.368. The van der Waals surface area contributed by atoms with Gasteiger partial charge in [0.2, 0.25) is 5.91 Å². The molecule has 1 atom stereocenters. The van der Waals surface area contributed by atoms with Crippen LogP contribution in [0.5, 0.6) is 0 Å². The maximum atomic E-state index is 12.6. The van der Waals surface area contributed by atoms with Crippen LogP contribution in [-0.4, -0.2) is 41.4 Å². The van der Waals surface area contributed by atoms with Crippen LogP contribution in [0.3, 0.4) is 0 Å². The number of carbonyl (C=O) groups excluding carboxylic acids is 2. The highest BCUT2D eigenvalue weighted by atomic mass is 16.2. The molecule has 2 amide bonds. The molecule has 0 spiro atoms. The number of aromatic nitrogens is 1.